The maximum absolute atomic E-state index is 12.7. The van der Waals surface area contributed by atoms with E-state index in [-0.39, 0.29) is 18.9 Å². The van der Waals surface area contributed by atoms with Gasteiger partial charge < -0.3 is 0 Å². The van der Waals surface area contributed by atoms with E-state index in [0.29, 0.717) is 22.5 Å². The van der Waals surface area contributed by atoms with Gasteiger partial charge in [0.25, 0.3) is 6.43 Å². The number of piperidine rings is 1. The largest absolute Gasteiger partial charge is 0.289 e. The van der Waals surface area contributed by atoms with Crippen LogP contribution in [0.1, 0.15) is 11.4 Å². The lowest BCUT2D eigenvalue weighted by Gasteiger charge is -2.29. The zero-order valence-electron chi connectivity index (χ0n) is 11.7. The van der Waals surface area contributed by atoms with E-state index in [0.717, 1.165) is 23.1 Å². The molecular formula is C13H11F2N5OS2. The van der Waals surface area contributed by atoms with E-state index in [9.17, 15) is 13.6 Å². The van der Waals surface area contributed by atoms with Crippen molar-refractivity contribution in [1.82, 2.24) is 24.1 Å². The van der Waals surface area contributed by atoms with Crippen molar-refractivity contribution in [3.05, 3.63) is 33.3 Å². The first-order valence-electron chi connectivity index (χ1n) is 6.62. The number of rotatable bonds is 4. The average molecular weight is 355 g/mol. The number of Topliss-reactive ketones (excluding diaryl/α,β-unsaturated/α-hetero) is 1. The second kappa shape index (κ2) is 7.11. The molecule has 1 fully saturated rings. The smallest absolute Gasteiger partial charge is 0.251 e. The number of alkyl halides is 2. The van der Waals surface area contributed by atoms with Crippen LogP contribution in [0.25, 0.3) is 12.2 Å². The molecule has 1 aliphatic rings. The van der Waals surface area contributed by atoms with Crippen molar-refractivity contribution in [3.63, 3.8) is 0 Å². The van der Waals surface area contributed by atoms with E-state index in [1.807, 2.05) is 0 Å². The highest BCUT2D eigenvalue weighted by molar-refractivity contribution is 7.03. The molecule has 0 unspecified atom stereocenters. The van der Waals surface area contributed by atoms with Gasteiger partial charge in [-0.3, -0.25) is 9.69 Å². The highest BCUT2D eigenvalue weighted by Crippen LogP contribution is 2.22. The Bertz CT molecular complexity index is 671. The highest BCUT2D eigenvalue weighted by Gasteiger charge is 2.28. The standard InChI is InChI=1S/C13H11F2N5OS2/c14-12(15)5-20-3-8(1-10-6-22-18-16-10)13(21)9(4-20)2-11-7-23-19-17-11/h1-2,6-7,12H,3-5H2/b8-1-,9-2+. The Balaban J connectivity index is 1.91. The maximum Gasteiger partial charge on any atom is 0.251 e. The summed E-state index contributed by atoms with van der Waals surface area (Å²) in [7, 11) is 0. The summed E-state index contributed by atoms with van der Waals surface area (Å²) in [5.74, 6) is -0.184. The molecule has 2 aromatic heterocycles. The topological polar surface area (TPSA) is 71.9 Å². The zero-order valence-corrected chi connectivity index (χ0v) is 13.4. The van der Waals surface area contributed by atoms with E-state index < -0.39 is 13.0 Å². The normalized spacial score (nSPS) is 20.0. The van der Waals surface area contributed by atoms with Crippen molar-refractivity contribution < 1.29 is 13.6 Å². The molecule has 0 amide bonds. The summed E-state index contributed by atoms with van der Waals surface area (Å²) >= 11 is 2.33. The van der Waals surface area contributed by atoms with Gasteiger partial charge in [-0.1, -0.05) is 8.98 Å². The van der Waals surface area contributed by atoms with E-state index in [2.05, 4.69) is 19.2 Å². The van der Waals surface area contributed by atoms with Crippen molar-refractivity contribution in [1.29, 1.82) is 0 Å². The summed E-state index contributed by atoms with van der Waals surface area (Å²) in [6, 6.07) is 0. The number of ketones is 1. The predicted octanol–water partition coefficient (Wildman–Crippen LogP) is 2.01. The summed E-state index contributed by atoms with van der Waals surface area (Å²) in [5, 5.41) is 11.1. The van der Waals surface area contributed by atoms with Gasteiger partial charge in [-0.2, -0.15) is 0 Å². The van der Waals surface area contributed by atoms with Crippen molar-refractivity contribution in [2.75, 3.05) is 19.6 Å². The van der Waals surface area contributed by atoms with Gasteiger partial charge in [0.15, 0.2) is 5.78 Å². The van der Waals surface area contributed by atoms with Gasteiger partial charge >= 0.3 is 0 Å². The molecular weight excluding hydrogens is 344 g/mol. The number of carbonyl (C=O) groups is 1. The lowest BCUT2D eigenvalue weighted by molar-refractivity contribution is -0.113. The quantitative estimate of drug-likeness (QED) is 0.781. The van der Waals surface area contributed by atoms with Crippen LogP contribution in [0.2, 0.25) is 0 Å². The van der Waals surface area contributed by atoms with Gasteiger partial charge in [0, 0.05) is 35.0 Å². The Morgan fingerprint density at radius 2 is 1.61 bits per heavy atom. The first-order valence-corrected chi connectivity index (χ1v) is 8.29. The molecule has 10 heteroatoms. The van der Waals surface area contributed by atoms with Gasteiger partial charge in [-0.25, -0.2) is 8.78 Å². The van der Waals surface area contributed by atoms with Crippen LogP contribution in [0.3, 0.4) is 0 Å². The van der Waals surface area contributed by atoms with E-state index in [1.54, 1.807) is 22.9 Å². The summed E-state index contributed by atoms with van der Waals surface area (Å²) in [4.78, 5) is 14.1. The summed E-state index contributed by atoms with van der Waals surface area (Å²) in [5.41, 5.74) is 1.93. The maximum atomic E-state index is 12.7. The van der Waals surface area contributed by atoms with Crippen molar-refractivity contribution in [3.8, 4) is 0 Å². The number of likely N-dealkylation sites (tertiary alicyclic amines) is 1. The molecule has 0 spiro atoms. The zero-order chi connectivity index (χ0) is 16.2. The fourth-order valence-corrected chi connectivity index (χ4v) is 3.08. The molecule has 0 N–H and O–H groups in total. The number of hydrogen-bond donors (Lipinski definition) is 0. The molecule has 3 heterocycles. The fourth-order valence-electron chi connectivity index (χ4n) is 2.26. The van der Waals surface area contributed by atoms with Crippen LogP contribution < -0.4 is 0 Å². The highest BCUT2D eigenvalue weighted by atomic mass is 32.1. The molecule has 1 aliphatic heterocycles. The summed E-state index contributed by atoms with van der Waals surface area (Å²) in [6.07, 6.45) is 0.722. The summed E-state index contributed by atoms with van der Waals surface area (Å²) in [6.45, 7) is -0.0761. The lowest BCUT2D eigenvalue weighted by atomic mass is 9.96. The number of carbonyl (C=O) groups excluding carboxylic acids is 1. The van der Waals surface area contributed by atoms with Crippen molar-refractivity contribution in [2.24, 2.45) is 0 Å². The van der Waals surface area contributed by atoms with Gasteiger partial charge in [0.05, 0.1) is 17.9 Å². The molecule has 0 saturated carbocycles. The van der Waals surface area contributed by atoms with Gasteiger partial charge in [-0.15, -0.1) is 10.2 Å². The van der Waals surface area contributed by atoms with Gasteiger partial charge in [0.1, 0.15) is 0 Å². The monoisotopic (exact) mass is 355 g/mol. The third kappa shape index (κ3) is 4.09. The Morgan fingerprint density at radius 3 is 2.00 bits per heavy atom. The molecule has 0 aliphatic carbocycles. The second-order valence-electron chi connectivity index (χ2n) is 4.89. The first kappa shape index (κ1) is 16.0. The van der Waals surface area contributed by atoms with Gasteiger partial charge in [-0.05, 0) is 35.2 Å². The molecule has 2 aromatic rings. The minimum Gasteiger partial charge on any atom is -0.289 e. The van der Waals surface area contributed by atoms with Gasteiger partial charge in [0.2, 0.25) is 0 Å². The number of hydrogen-bond acceptors (Lipinski definition) is 8. The molecule has 120 valence electrons. The Kier molecular flexibility index (Phi) is 4.94. The first-order chi connectivity index (χ1) is 11.1. The molecule has 0 atom stereocenters. The van der Waals surface area contributed by atoms with Crippen molar-refractivity contribution in [2.45, 2.75) is 6.43 Å². The third-order valence-electron chi connectivity index (χ3n) is 3.17. The van der Waals surface area contributed by atoms with Crippen LogP contribution in [0.15, 0.2) is 21.9 Å². The second-order valence-corrected chi connectivity index (χ2v) is 6.11. The third-order valence-corrected chi connectivity index (χ3v) is 4.21. The Hall–Kier alpha value is -1.91. The van der Waals surface area contributed by atoms with Crippen molar-refractivity contribution >= 4 is 41.0 Å². The Morgan fingerprint density at radius 1 is 1.09 bits per heavy atom. The molecule has 0 bridgehead atoms. The van der Waals surface area contributed by atoms with Crippen LogP contribution in [-0.2, 0) is 4.79 Å². The van der Waals surface area contributed by atoms with E-state index >= 15 is 0 Å². The molecule has 0 radical (unpaired) electrons. The molecule has 23 heavy (non-hydrogen) atoms. The number of nitrogens with zero attached hydrogens (tertiary/aromatic N) is 5. The summed E-state index contributed by atoms with van der Waals surface area (Å²) < 4.78 is 32.9. The molecule has 6 nitrogen and oxygen atoms in total. The number of aromatic nitrogens is 4. The minimum absolute atomic E-state index is 0.160. The van der Waals surface area contributed by atoms with E-state index in [4.69, 9.17) is 0 Å². The Labute approximate surface area is 138 Å². The SMILES string of the molecule is O=C1/C(=C\c2csnn2)CN(CC(F)F)C/C1=C\c1csnn1. The predicted molar refractivity (Wildman–Crippen MR) is 83.2 cm³/mol. The number of halogens is 2. The molecule has 1 saturated heterocycles. The fraction of sp³-hybridized carbons (Fsp3) is 0.308. The van der Waals surface area contributed by atoms with Crippen LogP contribution in [0.4, 0.5) is 8.78 Å². The minimum atomic E-state index is -2.47. The van der Waals surface area contributed by atoms with Crippen LogP contribution >= 0.6 is 23.1 Å². The molecule has 3 rings (SSSR count). The molecule has 0 aromatic carbocycles. The average Bonchev–Trinajstić information content (AvgIpc) is 3.16. The van der Waals surface area contributed by atoms with Crippen LogP contribution in [-0.4, -0.2) is 55.9 Å². The van der Waals surface area contributed by atoms with E-state index in [1.165, 1.54) is 4.90 Å². The van der Waals surface area contributed by atoms with Crippen LogP contribution in [0.5, 0.6) is 0 Å². The lowest BCUT2D eigenvalue weighted by Crippen LogP contribution is -2.40. The van der Waals surface area contributed by atoms with Crippen LogP contribution in [0, 0.1) is 0 Å².